The van der Waals surface area contributed by atoms with Gasteiger partial charge in [-0.1, -0.05) is 0 Å². The Kier molecular flexibility index (Phi) is 4.24. The van der Waals surface area contributed by atoms with E-state index in [1.807, 2.05) is 0 Å². The summed E-state index contributed by atoms with van der Waals surface area (Å²) in [5.41, 5.74) is 2.24. The number of benzene rings is 2. The van der Waals surface area contributed by atoms with Gasteiger partial charge in [0.1, 0.15) is 11.5 Å². The summed E-state index contributed by atoms with van der Waals surface area (Å²) in [6.07, 6.45) is 0.125. The quantitative estimate of drug-likeness (QED) is 0.749. The summed E-state index contributed by atoms with van der Waals surface area (Å²) in [6, 6.07) is 10.2. The fourth-order valence-corrected chi connectivity index (χ4v) is 2.43. The van der Waals surface area contributed by atoms with Crippen molar-refractivity contribution in [1.29, 1.82) is 0 Å². The highest BCUT2D eigenvalue weighted by atomic mass is 16.5. The molecule has 0 saturated carbocycles. The zero-order chi connectivity index (χ0) is 17.1. The van der Waals surface area contributed by atoms with Crippen molar-refractivity contribution in [2.75, 3.05) is 19.5 Å². The molecule has 7 nitrogen and oxygen atoms in total. The average Bonchev–Trinajstić information content (AvgIpc) is 2.94. The Morgan fingerprint density at radius 3 is 2.75 bits per heavy atom. The minimum Gasteiger partial charge on any atom is -0.497 e. The molecule has 0 bridgehead atoms. The molecule has 3 rings (SSSR count). The van der Waals surface area contributed by atoms with Crippen LogP contribution in [0.1, 0.15) is 5.56 Å². The third kappa shape index (κ3) is 3.24. The second-order valence-electron chi connectivity index (χ2n) is 5.13. The largest absolute Gasteiger partial charge is 0.497 e. The molecule has 0 atom stereocenters. The third-order valence-corrected chi connectivity index (χ3v) is 3.54. The number of carbonyl (C=O) groups excluding carboxylic acids is 1. The smallest absolute Gasteiger partial charge is 0.417 e. The number of methoxy groups -OCH3 is 2. The van der Waals surface area contributed by atoms with Crippen LogP contribution in [0, 0.1) is 0 Å². The molecule has 0 saturated heterocycles. The number of amides is 1. The van der Waals surface area contributed by atoms with Gasteiger partial charge in [-0.3, -0.25) is 9.78 Å². The minimum absolute atomic E-state index is 0.125. The number of aromatic amines is 1. The van der Waals surface area contributed by atoms with Crippen molar-refractivity contribution >= 4 is 22.7 Å². The second kappa shape index (κ2) is 6.49. The van der Waals surface area contributed by atoms with Crippen molar-refractivity contribution in [3.8, 4) is 11.5 Å². The van der Waals surface area contributed by atoms with E-state index in [1.54, 1.807) is 50.6 Å². The van der Waals surface area contributed by atoms with E-state index in [4.69, 9.17) is 13.9 Å². The van der Waals surface area contributed by atoms with E-state index in [9.17, 15) is 9.59 Å². The van der Waals surface area contributed by atoms with Gasteiger partial charge in [-0.05, 0) is 36.4 Å². The highest BCUT2D eigenvalue weighted by Gasteiger charge is 2.11. The van der Waals surface area contributed by atoms with Crippen molar-refractivity contribution in [2.45, 2.75) is 6.42 Å². The lowest BCUT2D eigenvalue weighted by atomic mass is 10.1. The Morgan fingerprint density at radius 2 is 2.00 bits per heavy atom. The molecule has 24 heavy (non-hydrogen) atoms. The van der Waals surface area contributed by atoms with Crippen molar-refractivity contribution in [2.24, 2.45) is 0 Å². The van der Waals surface area contributed by atoms with E-state index in [0.29, 0.717) is 33.8 Å². The molecule has 2 aromatic carbocycles. The summed E-state index contributed by atoms with van der Waals surface area (Å²) in [6.45, 7) is 0. The molecule has 3 aromatic rings. The lowest BCUT2D eigenvalue weighted by Gasteiger charge is -2.11. The predicted octanol–water partition coefficient (Wildman–Crippen LogP) is 2.32. The number of aromatic nitrogens is 1. The summed E-state index contributed by atoms with van der Waals surface area (Å²) in [7, 11) is 3.11. The molecule has 0 aliphatic rings. The third-order valence-electron chi connectivity index (χ3n) is 3.54. The molecule has 0 fully saturated rings. The van der Waals surface area contributed by atoms with E-state index in [-0.39, 0.29) is 12.3 Å². The second-order valence-corrected chi connectivity index (χ2v) is 5.13. The lowest BCUT2D eigenvalue weighted by Crippen LogP contribution is -2.15. The van der Waals surface area contributed by atoms with Crippen LogP contribution in [0.5, 0.6) is 11.5 Å². The highest BCUT2D eigenvalue weighted by Crippen LogP contribution is 2.25. The van der Waals surface area contributed by atoms with Crippen LogP contribution >= 0.6 is 0 Å². The van der Waals surface area contributed by atoms with Gasteiger partial charge in [0, 0.05) is 11.3 Å². The minimum atomic E-state index is -0.533. The number of nitrogens with one attached hydrogen (secondary N) is 2. The summed E-state index contributed by atoms with van der Waals surface area (Å²) in [4.78, 5) is 26.0. The Hall–Kier alpha value is -3.22. The van der Waals surface area contributed by atoms with Gasteiger partial charge in [-0.25, -0.2) is 4.79 Å². The molecular weight excluding hydrogens is 312 g/mol. The number of fused-ring (bicyclic) bond motifs is 1. The topological polar surface area (TPSA) is 93.6 Å². The number of carbonyl (C=O) groups is 1. The summed E-state index contributed by atoms with van der Waals surface area (Å²) >= 11 is 0. The number of hydrogen-bond donors (Lipinski definition) is 2. The van der Waals surface area contributed by atoms with Crippen molar-refractivity contribution in [3.63, 3.8) is 0 Å². The molecule has 124 valence electrons. The molecule has 7 heteroatoms. The first-order valence-electron chi connectivity index (χ1n) is 7.22. The van der Waals surface area contributed by atoms with Crippen LogP contribution in [0.25, 0.3) is 11.1 Å². The van der Waals surface area contributed by atoms with Crippen molar-refractivity contribution in [1.82, 2.24) is 4.98 Å². The zero-order valence-corrected chi connectivity index (χ0v) is 13.2. The van der Waals surface area contributed by atoms with Gasteiger partial charge in [0.2, 0.25) is 5.91 Å². The molecule has 1 amide bonds. The maximum atomic E-state index is 12.3. The molecular formula is C17H16N2O5. The van der Waals surface area contributed by atoms with Crippen LogP contribution in [0.15, 0.2) is 45.6 Å². The molecule has 0 radical (unpaired) electrons. The van der Waals surface area contributed by atoms with Crippen LogP contribution in [0.2, 0.25) is 0 Å². The standard InChI is InChI=1S/C17H16N2O5/c1-22-12-4-6-14(23-2)10(7-12)8-16(20)18-11-3-5-15-13(9-11)19-17(21)24-15/h3-7,9H,8H2,1-2H3,(H,18,20)(H,19,21). The summed E-state index contributed by atoms with van der Waals surface area (Å²) in [5.74, 6) is 0.512. The number of anilines is 1. The first-order chi connectivity index (χ1) is 11.6. The number of oxazole rings is 1. The Bertz CT molecular complexity index is 942. The van der Waals surface area contributed by atoms with Crippen molar-refractivity contribution < 1.29 is 18.7 Å². The highest BCUT2D eigenvalue weighted by molar-refractivity contribution is 5.94. The average molecular weight is 328 g/mol. The van der Waals surface area contributed by atoms with Crippen molar-refractivity contribution in [3.05, 3.63) is 52.5 Å². The molecule has 0 aliphatic carbocycles. The fraction of sp³-hybridized carbons (Fsp3) is 0.176. The molecule has 0 aliphatic heterocycles. The number of hydrogen-bond acceptors (Lipinski definition) is 5. The van der Waals surface area contributed by atoms with Gasteiger partial charge in [0.05, 0.1) is 26.2 Å². The monoisotopic (exact) mass is 328 g/mol. The molecule has 0 unspecified atom stereocenters. The maximum absolute atomic E-state index is 12.3. The van der Waals surface area contributed by atoms with Crippen LogP contribution in [-0.4, -0.2) is 25.1 Å². The van der Waals surface area contributed by atoms with Gasteiger partial charge in [0.15, 0.2) is 5.58 Å². The number of rotatable bonds is 5. The molecule has 1 heterocycles. The molecule has 2 N–H and O–H groups in total. The van der Waals surface area contributed by atoms with E-state index in [0.717, 1.165) is 0 Å². The zero-order valence-electron chi connectivity index (χ0n) is 13.2. The maximum Gasteiger partial charge on any atom is 0.417 e. The van der Waals surface area contributed by atoms with E-state index in [1.165, 1.54) is 0 Å². The van der Waals surface area contributed by atoms with Gasteiger partial charge < -0.3 is 19.2 Å². The van der Waals surface area contributed by atoms with Gasteiger partial charge in [-0.2, -0.15) is 0 Å². The number of H-pyrrole nitrogens is 1. The van der Waals surface area contributed by atoms with E-state index in [2.05, 4.69) is 10.3 Å². The fourth-order valence-electron chi connectivity index (χ4n) is 2.43. The van der Waals surface area contributed by atoms with Gasteiger partial charge in [0.25, 0.3) is 0 Å². The Morgan fingerprint density at radius 1 is 1.17 bits per heavy atom. The first-order valence-corrected chi connectivity index (χ1v) is 7.22. The first kappa shape index (κ1) is 15.7. The Balaban J connectivity index is 1.78. The van der Waals surface area contributed by atoms with Gasteiger partial charge in [-0.15, -0.1) is 0 Å². The summed E-state index contributed by atoms with van der Waals surface area (Å²) < 4.78 is 15.4. The molecule has 0 spiro atoms. The van der Waals surface area contributed by atoms with E-state index < -0.39 is 5.76 Å². The summed E-state index contributed by atoms with van der Waals surface area (Å²) in [5, 5.41) is 2.78. The SMILES string of the molecule is COc1ccc(OC)c(CC(=O)Nc2ccc3oc(=O)[nH]c3c2)c1. The molecule has 1 aromatic heterocycles. The predicted molar refractivity (Wildman–Crippen MR) is 88.7 cm³/mol. The lowest BCUT2D eigenvalue weighted by molar-refractivity contribution is -0.115. The van der Waals surface area contributed by atoms with E-state index >= 15 is 0 Å². The Labute approximate surface area is 137 Å². The number of ether oxygens (including phenoxy) is 2. The van der Waals surface area contributed by atoms with Crippen LogP contribution in [0.4, 0.5) is 5.69 Å². The van der Waals surface area contributed by atoms with Crippen LogP contribution < -0.4 is 20.5 Å². The normalized spacial score (nSPS) is 10.6. The van der Waals surface area contributed by atoms with Crippen LogP contribution in [0.3, 0.4) is 0 Å². The van der Waals surface area contributed by atoms with Crippen LogP contribution in [-0.2, 0) is 11.2 Å². The van der Waals surface area contributed by atoms with Gasteiger partial charge >= 0.3 is 5.76 Å².